The SMILES string of the molecule is O=C(CCn1ccc(=O)[nH]c1=O)Nc1ccccc1-c1cn2ccccc2n1. The van der Waals surface area contributed by atoms with Gasteiger partial charge in [-0.1, -0.05) is 24.3 Å². The van der Waals surface area contributed by atoms with E-state index >= 15 is 0 Å². The van der Waals surface area contributed by atoms with Gasteiger partial charge in [0.2, 0.25) is 5.91 Å². The number of nitrogens with zero attached hydrogens (tertiary/aromatic N) is 3. The van der Waals surface area contributed by atoms with Crippen LogP contribution in [0.1, 0.15) is 6.42 Å². The van der Waals surface area contributed by atoms with Crippen LogP contribution in [0.25, 0.3) is 16.9 Å². The lowest BCUT2D eigenvalue weighted by atomic mass is 10.1. The molecule has 0 saturated heterocycles. The van der Waals surface area contributed by atoms with Gasteiger partial charge in [-0.2, -0.15) is 0 Å². The molecule has 4 rings (SSSR count). The Balaban J connectivity index is 1.52. The number of aromatic amines is 1. The number of benzene rings is 1. The van der Waals surface area contributed by atoms with Crippen LogP contribution < -0.4 is 16.6 Å². The van der Waals surface area contributed by atoms with Crippen molar-refractivity contribution < 1.29 is 4.79 Å². The van der Waals surface area contributed by atoms with Crippen molar-refractivity contribution in [2.75, 3.05) is 5.32 Å². The molecule has 3 heterocycles. The summed E-state index contributed by atoms with van der Waals surface area (Å²) in [4.78, 5) is 42.0. The molecule has 0 unspecified atom stereocenters. The van der Waals surface area contributed by atoms with Crippen LogP contribution in [0.2, 0.25) is 0 Å². The Hall–Kier alpha value is -3.94. The summed E-state index contributed by atoms with van der Waals surface area (Å²) in [5.74, 6) is -0.241. The third-order valence-corrected chi connectivity index (χ3v) is 4.32. The molecule has 2 N–H and O–H groups in total. The Morgan fingerprint density at radius 1 is 1.04 bits per heavy atom. The molecule has 0 radical (unpaired) electrons. The predicted octanol–water partition coefficient (Wildman–Crippen LogP) is 1.88. The molecule has 28 heavy (non-hydrogen) atoms. The Labute approximate surface area is 159 Å². The number of anilines is 1. The third kappa shape index (κ3) is 3.61. The summed E-state index contributed by atoms with van der Waals surface area (Å²) in [6, 6.07) is 14.4. The summed E-state index contributed by atoms with van der Waals surface area (Å²) in [5, 5.41) is 2.88. The maximum Gasteiger partial charge on any atom is 0.328 e. The van der Waals surface area contributed by atoms with Gasteiger partial charge >= 0.3 is 5.69 Å². The van der Waals surface area contributed by atoms with Gasteiger partial charge in [-0.3, -0.25) is 14.6 Å². The molecule has 0 spiro atoms. The zero-order valence-electron chi connectivity index (χ0n) is 14.8. The predicted molar refractivity (Wildman–Crippen MR) is 105 cm³/mol. The van der Waals surface area contributed by atoms with Gasteiger partial charge in [0.25, 0.3) is 5.56 Å². The van der Waals surface area contributed by atoms with Crippen molar-refractivity contribution in [3.05, 3.63) is 88.0 Å². The number of imidazole rings is 1. The second kappa shape index (κ2) is 7.36. The van der Waals surface area contributed by atoms with Gasteiger partial charge in [-0.15, -0.1) is 0 Å². The Bertz CT molecular complexity index is 1240. The monoisotopic (exact) mass is 375 g/mol. The first-order valence-corrected chi connectivity index (χ1v) is 8.73. The van der Waals surface area contributed by atoms with Crippen LogP contribution in [0.4, 0.5) is 5.69 Å². The van der Waals surface area contributed by atoms with Crippen LogP contribution in [0.15, 0.2) is 76.7 Å². The van der Waals surface area contributed by atoms with E-state index in [1.54, 1.807) is 0 Å². The van der Waals surface area contributed by atoms with Gasteiger partial charge in [-0.05, 0) is 18.2 Å². The Kier molecular flexibility index (Phi) is 4.59. The van der Waals surface area contributed by atoms with Crippen molar-refractivity contribution in [3.8, 4) is 11.3 Å². The number of H-pyrrole nitrogens is 1. The molecule has 1 amide bonds. The summed E-state index contributed by atoms with van der Waals surface area (Å²) in [6.07, 6.45) is 5.28. The lowest BCUT2D eigenvalue weighted by Crippen LogP contribution is -2.29. The summed E-state index contributed by atoms with van der Waals surface area (Å²) in [7, 11) is 0. The fraction of sp³-hybridized carbons (Fsp3) is 0.100. The highest BCUT2D eigenvalue weighted by Crippen LogP contribution is 2.27. The quantitative estimate of drug-likeness (QED) is 0.556. The largest absolute Gasteiger partial charge is 0.328 e. The minimum Gasteiger partial charge on any atom is -0.325 e. The molecule has 0 aliphatic carbocycles. The maximum absolute atomic E-state index is 12.4. The summed E-state index contributed by atoms with van der Waals surface area (Å²) >= 11 is 0. The van der Waals surface area contributed by atoms with Crippen molar-refractivity contribution in [2.24, 2.45) is 0 Å². The van der Waals surface area contributed by atoms with E-state index in [-0.39, 0.29) is 18.9 Å². The molecule has 0 aliphatic heterocycles. The van der Waals surface area contributed by atoms with Crippen LogP contribution in [0, 0.1) is 0 Å². The highest BCUT2D eigenvalue weighted by atomic mass is 16.2. The average molecular weight is 375 g/mol. The van der Waals surface area contributed by atoms with E-state index in [9.17, 15) is 14.4 Å². The Morgan fingerprint density at radius 2 is 1.86 bits per heavy atom. The van der Waals surface area contributed by atoms with Crippen LogP contribution in [-0.4, -0.2) is 24.8 Å². The molecule has 1 aromatic carbocycles. The minimum absolute atomic E-state index is 0.0887. The standard InChI is InChI=1S/C20H17N5O3/c26-18(8-11-24-12-9-19(27)23-20(24)28)22-15-6-2-1-5-14(15)16-13-25-10-4-3-7-17(25)21-16/h1-7,9-10,12-13H,8,11H2,(H,22,26)(H,23,27,28). The minimum atomic E-state index is -0.537. The number of carbonyl (C=O) groups excluding carboxylic acids is 1. The maximum atomic E-state index is 12.4. The smallest absolute Gasteiger partial charge is 0.325 e. The number of nitrogens with one attached hydrogen (secondary N) is 2. The molecule has 3 aromatic heterocycles. The van der Waals surface area contributed by atoms with E-state index in [0.717, 1.165) is 16.9 Å². The highest BCUT2D eigenvalue weighted by molar-refractivity contribution is 5.95. The van der Waals surface area contributed by atoms with Crippen LogP contribution in [0.5, 0.6) is 0 Å². The van der Waals surface area contributed by atoms with Crippen LogP contribution in [0.3, 0.4) is 0 Å². The Morgan fingerprint density at radius 3 is 2.68 bits per heavy atom. The van der Waals surface area contributed by atoms with Gasteiger partial charge in [0, 0.05) is 43.2 Å². The van der Waals surface area contributed by atoms with Crippen molar-refractivity contribution in [1.29, 1.82) is 0 Å². The fourth-order valence-electron chi connectivity index (χ4n) is 2.93. The first-order valence-electron chi connectivity index (χ1n) is 8.73. The van der Waals surface area contributed by atoms with Gasteiger partial charge in [-0.25, -0.2) is 9.78 Å². The van der Waals surface area contributed by atoms with E-state index in [1.807, 2.05) is 59.3 Å². The van der Waals surface area contributed by atoms with Crippen LogP contribution in [-0.2, 0) is 11.3 Å². The number of amides is 1. The first-order chi connectivity index (χ1) is 13.6. The zero-order valence-corrected chi connectivity index (χ0v) is 14.8. The molecule has 0 atom stereocenters. The van der Waals surface area contributed by atoms with Gasteiger partial charge in [0.1, 0.15) is 5.65 Å². The number of carbonyl (C=O) groups is 1. The molecular formula is C20H17N5O3. The lowest BCUT2D eigenvalue weighted by Gasteiger charge is -2.10. The van der Waals surface area contributed by atoms with E-state index in [4.69, 9.17) is 0 Å². The number of para-hydroxylation sites is 1. The van der Waals surface area contributed by atoms with Crippen molar-refractivity contribution in [3.63, 3.8) is 0 Å². The number of aromatic nitrogens is 4. The molecule has 4 aromatic rings. The first kappa shape index (κ1) is 17.5. The van der Waals surface area contributed by atoms with Gasteiger partial charge in [0.15, 0.2) is 0 Å². The normalized spacial score (nSPS) is 10.9. The molecule has 0 saturated carbocycles. The van der Waals surface area contributed by atoms with Crippen molar-refractivity contribution >= 4 is 17.2 Å². The third-order valence-electron chi connectivity index (χ3n) is 4.32. The topological polar surface area (TPSA) is 101 Å². The summed E-state index contributed by atoms with van der Waals surface area (Å²) < 4.78 is 3.20. The molecule has 0 bridgehead atoms. The lowest BCUT2D eigenvalue weighted by molar-refractivity contribution is -0.116. The van der Waals surface area contributed by atoms with E-state index < -0.39 is 11.2 Å². The molecule has 140 valence electrons. The highest BCUT2D eigenvalue weighted by Gasteiger charge is 2.11. The molecular weight excluding hydrogens is 358 g/mol. The summed E-state index contributed by atoms with van der Waals surface area (Å²) in [5.41, 5.74) is 2.01. The molecule has 8 nitrogen and oxygen atoms in total. The molecule has 0 fully saturated rings. The van der Waals surface area contributed by atoms with Gasteiger partial charge in [0.05, 0.1) is 11.4 Å². The average Bonchev–Trinajstić information content (AvgIpc) is 3.12. The summed E-state index contributed by atoms with van der Waals surface area (Å²) in [6.45, 7) is 0.165. The van der Waals surface area contributed by atoms with Crippen LogP contribution >= 0.6 is 0 Å². The van der Waals surface area contributed by atoms with E-state index in [0.29, 0.717) is 5.69 Å². The van der Waals surface area contributed by atoms with Crippen molar-refractivity contribution in [2.45, 2.75) is 13.0 Å². The number of hydrogen-bond acceptors (Lipinski definition) is 4. The van der Waals surface area contributed by atoms with E-state index in [1.165, 1.54) is 16.8 Å². The van der Waals surface area contributed by atoms with Gasteiger partial charge < -0.3 is 14.3 Å². The van der Waals surface area contributed by atoms with E-state index in [2.05, 4.69) is 15.3 Å². The second-order valence-electron chi connectivity index (χ2n) is 6.24. The number of rotatable bonds is 5. The molecule has 0 aliphatic rings. The van der Waals surface area contributed by atoms with Crippen molar-refractivity contribution in [1.82, 2.24) is 18.9 Å². The molecule has 8 heteroatoms. The number of fused-ring (bicyclic) bond motifs is 1. The number of aryl methyl sites for hydroxylation is 1. The number of pyridine rings is 1. The fourth-order valence-corrected chi connectivity index (χ4v) is 2.93. The second-order valence-corrected chi connectivity index (χ2v) is 6.24. The zero-order chi connectivity index (χ0) is 19.5. The number of hydrogen-bond donors (Lipinski definition) is 2.